The summed E-state index contributed by atoms with van der Waals surface area (Å²) in [7, 11) is 0. The van der Waals surface area contributed by atoms with E-state index in [-0.39, 0.29) is 11.9 Å². The highest BCUT2D eigenvalue weighted by atomic mass is 16.5. The molecular weight excluding hydrogens is 741 g/mol. The monoisotopic (exact) mass is 798 g/mol. The van der Waals surface area contributed by atoms with Crippen molar-refractivity contribution in [3.63, 3.8) is 0 Å². The highest BCUT2D eigenvalue weighted by molar-refractivity contribution is 5.87. The summed E-state index contributed by atoms with van der Waals surface area (Å²) in [6.07, 6.45) is 3.22. The van der Waals surface area contributed by atoms with Gasteiger partial charge in [-0.3, -0.25) is 0 Å². The van der Waals surface area contributed by atoms with Crippen LogP contribution >= 0.6 is 0 Å². The molecular formula is C54H58N2O4. The van der Waals surface area contributed by atoms with Gasteiger partial charge in [-0.05, 0) is 145 Å². The zero-order valence-corrected chi connectivity index (χ0v) is 36.0. The number of para-hydroxylation sites is 1. The lowest BCUT2D eigenvalue weighted by atomic mass is 10.0. The van der Waals surface area contributed by atoms with Gasteiger partial charge in [0.15, 0.2) is 0 Å². The molecule has 0 unspecified atom stereocenters. The number of aryl methyl sites for hydroxylation is 6. The van der Waals surface area contributed by atoms with Crippen molar-refractivity contribution < 1.29 is 19.1 Å². The molecule has 0 aliphatic carbocycles. The van der Waals surface area contributed by atoms with Gasteiger partial charge >= 0.3 is 11.9 Å². The number of hydrogen-bond donors (Lipinski definition) is 0. The molecule has 0 saturated carbocycles. The van der Waals surface area contributed by atoms with E-state index in [0.29, 0.717) is 24.4 Å². The normalized spacial score (nSPS) is 10.5. The van der Waals surface area contributed by atoms with Crippen molar-refractivity contribution in [2.24, 2.45) is 0 Å². The number of benzene rings is 6. The van der Waals surface area contributed by atoms with Crippen molar-refractivity contribution in [1.82, 2.24) is 0 Å². The molecule has 0 saturated heterocycles. The molecule has 0 aromatic heterocycles. The zero-order valence-electron chi connectivity index (χ0n) is 36.0. The molecule has 0 amide bonds. The predicted octanol–water partition coefficient (Wildman–Crippen LogP) is 13.7. The maximum Gasteiger partial charge on any atom is 0.333 e. The summed E-state index contributed by atoms with van der Waals surface area (Å²) in [5.74, 6) is -0.651. The SMILES string of the molecule is C=C(C)C(=O)OCCCc1ccc(N(c2ccc(C)cc2)c2ccc(C)cc2)cc1.C=C(C)C(=O)OCCCc1ccccc1N(c1ccc(C)cc1)c1ccc(C)cc1. The van der Waals surface area contributed by atoms with E-state index in [2.05, 4.69) is 196 Å². The van der Waals surface area contributed by atoms with Gasteiger partial charge in [0.2, 0.25) is 0 Å². The van der Waals surface area contributed by atoms with Crippen LogP contribution in [0.4, 0.5) is 34.1 Å². The Hall–Kier alpha value is -6.66. The lowest BCUT2D eigenvalue weighted by molar-refractivity contribution is -0.139. The molecule has 0 bridgehead atoms. The third-order valence-corrected chi connectivity index (χ3v) is 9.96. The number of rotatable bonds is 16. The van der Waals surface area contributed by atoms with Gasteiger partial charge in [-0.2, -0.15) is 0 Å². The first-order chi connectivity index (χ1) is 28.9. The van der Waals surface area contributed by atoms with E-state index in [9.17, 15) is 9.59 Å². The van der Waals surface area contributed by atoms with Crippen molar-refractivity contribution in [3.05, 3.63) is 203 Å². The minimum Gasteiger partial charge on any atom is -0.462 e. The summed E-state index contributed by atoms with van der Waals surface area (Å²) < 4.78 is 10.4. The van der Waals surface area contributed by atoms with E-state index in [1.807, 2.05) is 0 Å². The maximum absolute atomic E-state index is 11.6. The van der Waals surface area contributed by atoms with Gasteiger partial charge in [0, 0.05) is 45.3 Å². The van der Waals surface area contributed by atoms with Crippen LogP contribution < -0.4 is 9.80 Å². The van der Waals surface area contributed by atoms with Crippen LogP contribution in [0.3, 0.4) is 0 Å². The van der Waals surface area contributed by atoms with Crippen LogP contribution in [0.2, 0.25) is 0 Å². The van der Waals surface area contributed by atoms with Crippen LogP contribution in [0.1, 0.15) is 60.1 Å². The number of hydrogen-bond acceptors (Lipinski definition) is 6. The van der Waals surface area contributed by atoms with E-state index in [1.54, 1.807) is 13.8 Å². The van der Waals surface area contributed by atoms with E-state index < -0.39 is 0 Å². The summed E-state index contributed by atoms with van der Waals surface area (Å²) in [4.78, 5) is 27.6. The Morgan fingerprint density at radius 2 is 0.783 bits per heavy atom. The van der Waals surface area contributed by atoms with E-state index in [1.165, 1.54) is 33.4 Å². The second-order valence-corrected chi connectivity index (χ2v) is 15.3. The quantitative estimate of drug-likeness (QED) is 0.0552. The van der Waals surface area contributed by atoms with Crippen LogP contribution in [-0.4, -0.2) is 25.2 Å². The molecule has 6 heteroatoms. The Morgan fingerprint density at radius 3 is 1.17 bits per heavy atom. The fourth-order valence-corrected chi connectivity index (χ4v) is 6.52. The Kier molecular flexibility index (Phi) is 16.2. The molecule has 6 rings (SSSR count). The molecule has 0 spiro atoms. The fourth-order valence-electron chi connectivity index (χ4n) is 6.52. The summed E-state index contributed by atoms with van der Waals surface area (Å²) in [5.41, 5.74) is 15.0. The molecule has 60 heavy (non-hydrogen) atoms. The summed E-state index contributed by atoms with van der Waals surface area (Å²) in [5, 5.41) is 0. The van der Waals surface area contributed by atoms with Crippen LogP contribution in [0.15, 0.2) is 170 Å². The fraction of sp³-hybridized carbons (Fsp3) is 0.222. The first-order valence-electron chi connectivity index (χ1n) is 20.6. The van der Waals surface area contributed by atoms with Crippen molar-refractivity contribution in [2.75, 3.05) is 23.0 Å². The molecule has 6 aromatic rings. The van der Waals surface area contributed by atoms with Crippen molar-refractivity contribution in [3.8, 4) is 0 Å². The molecule has 308 valence electrons. The Labute approximate surface area is 357 Å². The van der Waals surface area contributed by atoms with Crippen LogP contribution in [-0.2, 0) is 31.9 Å². The largest absolute Gasteiger partial charge is 0.462 e. The molecule has 0 heterocycles. The van der Waals surface area contributed by atoms with Gasteiger partial charge < -0.3 is 19.3 Å². The average molecular weight is 799 g/mol. The predicted molar refractivity (Wildman–Crippen MR) is 249 cm³/mol. The van der Waals surface area contributed by atoms with Gasteiger partial charge in [-0.15, -0.1) is 0 Å². The molecule has 6 nitrogen and oxygen atoms in total. The third kappa shape index (κ3) is 12.9. The minimum absolute atomic E-state index is 0.322. The number of nitrogens with zero attached hydrogens (tertiary/aromatic N) is 2. The third-order valence-electron chi connectivity index (χ3n) is 9.96. The smallest absolute Gasteiger partial charge is 0.333 e. The number of ether oxygens (including phenoxy) is 2. The average Bonchev–Trinajstić information content (AvgIpc) is 3.25. The number of carbonyl (C=O) groups excluding carboxylic acids is 2. The zero-order chi connectivity index (χ0) is 43.0. The second kappa shape index (κ2) is 21.9. The molecule has 0 atom stereocenters. The summed E-state index contributed by atoms with van der Waals surface area (Å²) in [6.45, 7) is 19.7. The summed E-state index contributed by atoms with van der Waals surface area (Å²) in [6, 6.07) is 51.3. The molecule has 0 N–H and O–H groups in total. The van der Waals surface area contributed by atoms with Crippen molar-refractivity contribution in [2.45, 2.75) is 67.2 Å². The first kappa shape index (κ1) is 44.4. The Morgan fingerprint density at radius 1 is 0.450 bits per heavy atom. The van der Waals surface area contributed by atoms with E-state index in [0.717, 1.165) is 59.8 Å². The standard InChI is InChI=1S/2C27H29NO2/c1-20(2)27(29)30-19-5-6-23-11-17-26(18-12-23)28(24-13-7-21(3)8-14-24)25-15-9-22(4)10-16-25;1-20(2)27(29)30-19-7-9-23-8-5-6-10-26(23)28(24-15-11-21(3)12-16-24)25-17-13-22(4)14-18-25/h7-18H,1,5-6,19H2,2-4H3;5-6,8,10-18H,1,7,9,19H2,2-4H3. The first-order valence-corrected chi connectivity index (χ1v) is 20.6. The minimum atomic E-state index is -0.329. The van der Waals surface area contributed by atoms with E-state index >= 15 is 0 Å². The van der Waals surface area contributed by atoms with Crippen molar-refractivity contribution in [1.29, 1.82) is 0 Å². The molecule has 0 aliphatic rings. The van der Waals surface area contributed by atoms with Crippen molar-refractivity contribution >= 4 is 46.1 Å². The van der Waals surface area contributed by atoms with E-state index in [4.69, 9.17) is 9.47 Å². The highest BCUT2D eigenvalue weighted by Gasteiger charge is 2.16. The maximum atomic E-state index is 11.6. The van der Waals surface area contributed by atoms with Gasteiger partial charge in [0.25, 0.3) is 0 Å². The highest BCUT2D eigenvalue weighted by Crippen LogP contribution is 2.38. The summed E-state index contributed by atoms with van der Waals surface area (Å²) >= 11 is 0. The molecule has 0 fully saturated rings. The molecule has 0 aliphatic heterocycles. The number of anilines is 6. The lowest BCUT2D eigenvalue weighted by Crippen LogP contribution is -2.13. The Bertz CT molecular complexity index is 2240. The second-order valence-electron chi connectivity index (χ2n) is 15.3. The molecule has 0 radical (unpaired) electrons. The van der Waals surface area contributed by atoms with Gasteiger partial charge in [0.1, 0.15) is 0 Å². The topological polar surface area (TPSA) is 59.1 Å². The van der Waals surface area contributed by atoms with Gasteiger partial charge in [0.05, 0.1) is 13.2 Å². The van der Waals surface area contributed by atoms with Crippen LogP contribution in [0.5, 0.6) is 0 Å². The Balaban J connectivity index is 0.000000228. The number of carbonyl (C=O) groups is 2. The van der Waals surface area contributed by atoms with Crippen LogP contribution in [0, 0.1) is 27.7 Å². The van der Waals surface area contributed by atoms with Gasteiger partial charge in [-0.25, -0.2) is 9.59 Å². The lowest BCUT2D eigenvalue weighted by Gasteiger charge is -2.28. The van der Waals surface area contributed by atoms with Gasteiger partial charge in [-0.1, -0.05) is 114 Å². The molecule has 6 aromatic carbocycles. The van der Waals surface area contributed by atoms with Crippen LogP contribution in [0.25, 0.3) is 0 Å². The number of esters is 2.